The summed E-state index contributed by atoms with van der Waals surface area (Å²) in [6, 6.07) is 6.67. The van der Waals surface area contributed by atoms with Crippen LogP contribution in [0.2, 0.25) is 0 Å². The predicted octanol–water partition coefficient (Wildman–Crippen LogP) is 4.33. The van der Waals surface area contributed by atoms with Crippen molar-refractivity contribution in [3.05, 3.63) is 45.2 Å². The quantitative estimate of drug-likeness (QED) is 0.696. The SMILES string of the molecule is Cc1cc(C)c2cc(CN(C[C@@H]3CCCO3)C(=S)NC3CCCCC3)c(=O)[nH]c2c1. The molecule has 2 aromatic rings. The van der Waals surface area contributed by atoms with Crippen molar-refractivity contribution in [1.82, 2.24) is 15.2 Å². The third-order valence-corrected chi connectivity index (χ3v) is 6.79. The van der Waals surface area contributed by atoms with E-state index < -0.39 is 0 Å². The van der Waals surface area contributed by atoms with E-state index in [0.717, 1.165) is 53.1 Å². The minimum Gasteiger partial charge on any atom is -0.376 e. The Morgan fingerprint density at radius 1 is 1.17 bits per heavy atom. The van der Waals surface area contributed by atoms with Gasteiger partial charge in [-0.3, -0.25) is 4.79 Å². The Hall–Kier alpha value is -1.92. The number of aryl methyl sites for hydroxylation is 2. The predicted molar refractivity (Wildman–Crippen MR) is 126 cm³/mol. The number of fused-ring (bicyclic) bond motifs is 1. The summed E-state index contributed by atoms with van der Waals surface area (Å²) in [5, 5.41) is 5.42. The lowest BCUT2D eigenvalue weighted by Gasteiger charge is -2.32. The summed E-state index contributed by atoms with van der Waals surface area (Å²) in [7, 11) is 0. The van der Waals surface area contributed by atoms with Crippen molar-refractivity contribution in [2.24, 2.45) is 0 Å². The van der Waals surface area contributed by atoms with Gasteiger partial charge in [0.25, 0.3) is 5.56 Å². The van der Waals surface area contributed by atoms with Crippen LogP contribution in [0.5, 0.6) is 0 Å². The first-order valence-corrected chi connectivity index (χ1v) is 11.7. The van der Waals surface area contributed by atoms with Crippen LogP contribution in [0, 0.1) is 13.8 Å². The molecular formula is C24H33N3O2S. The number of aromatic amines is 1. The van der Waals surface area contributed by atoms with Crippen molar-refractivity contribution in [3.8, 4) is 0 Å². The Labute approximate surface area is 184 Å². The van der Waals surface area contributed by atoms with Gasteiger partial charge in [0.05, 0.1) is 12.6 Å². The lowest BCUT2D eigenvalue weighted by Crippen LogP contribution is -2.47. The molecule has 1 aliphatic carbocycles. The molecule has 5 nitrogen and oxygen atoms in total. The molecule has 0 amide bonds. The first-order chi connectivity index (χ1) is 14.5. The van der Waals surface area contributed by atoms with E-state index >= 15 is 0 Å². The highest BCUT2D eigenvalue weighted by Crippen LogP contribution is 2.21. The third kappa shape index (κ3) is 5.03. The van der Waals surface area contributed by atoms with Gasteiger partial charge in [0, 0.05) is 35.7 Å². The van der Waals surface area contributed by atoms with Gasteiger partial charge in [-0.15, -0.1) is 0 Å². The second-order valence-electron chi connectivity index (χ2n) is 8.97. The fourth-order valence-electron chi connectivity index (χ4n) is 4.81. The highest BCUT2D eigenvalue weighted by Gasteiger charge is 2.24. The first kappa shape index (κ1) is 21.3. The normalized spacial score (nSPS) is 19.9. The summed E-state index contributed by atoms with van der Waals surface area (Å²) < 4.78 is 5.88. The fraction of sp³-hybridized carbons (Fsp3) is 0.583. The zero-order valence-electron chi connectivity index (χ0n) is 18.1. The number of pyridine rings is 1. The second-order valence-corrected chi connectivity index (χ2v) is 9.35. The van der Waals surface area contributed by atoms with Crippen molar-refractivity contribution < 1.29 is 4.74 Å². The van der Waals surface area contributed by atoms with Gasteiger partial charge in [-0.25, -0.2) is 0 Å². The maximum absolute atomic E-state index is 12.9. The van der Waals surface area contributed by atoms with Crippen molar-refractivity contribution in [3.63, 3.8) is 0 Å². The molecule has 2 fully saturated rings. The minimum absolute atomic E-state index is 0.0368. The molecule has 30 heavy (non-hydrogen) atoms. The van der Waals surface area contributed by atoms with E-state index in [2.05, 4.69) is 35.1 Å². The van der Waals surface area contributed by atoms with Crippen LogP contribution in [-0.4, -0.2) is 40.3 Å². The molecule has 2 aliphatic rings. The Bertz CT molecular complexity index is 959. The summed E-state index contributed by atoms with van der Waals surface area (Å²) in [5.41, 5.74) is 3.94. The van der Waals surface area contributed by atoms with Crippen LogP contribution < -0.4 is 10.9 Å². The smallest absolute Gasteiger partial charge is 0.253 e. The average molecular weight is 428 g/mol. The summed E-state index contributed by atoms with van der Waals surface area (Å²) in [6.07, 6.45) is 8.50. The van der Waals surface area contributed by atoms with Crippen LogP contribution in [0.1, 0.15) is 61.6 Å². The van der Waals surface area contributed by atoms with Gasteiger partial charge in [0.2, 0.25) is 0 Å². The molecule has 4 rings (SSSR count). The Morgan fingerprint density at radius 3 is 2.70 bits per heavy atom. The monoisotopic (exact) mass is 427 g/mol. The van der Waals surface area contributed by atoms with Crippen molar-refractivity contribution in [2.45, 2.75) is 77.5 Å². The van der Waals surface area contributed by atoms with E-state index in [9.17, 15) is 4.79 Å². The van der Waals surface area contributed by atoms with Gasteiger partial charge in [-0.2, -0.15) is 0 Å². The van der Waals surface area contributed by atoms with Gasteiger partial charge in [-0.1, -0.05) is 25.3 Å². The van der Waals surface area contributed by atoms with Gasteiger partial charge in [0.15, 0.2) is 5.11 Å². The highest BCUT2D eigenvalue weighted by molar-refractivity contribution is 7.80. The van der Waals surface area contributed by atoms with Crippen LogP contribution >= 0.6 is 12.2 Å². The van der Waals surface area contributed by atoms with E-state index in [1.165, 1.54) is 37.7 Å². The van der Waals surface area contributed by atoms with Crippen LogP contribution in [0.25, 0.3) is 10.9 Å². The number of rotatable bonds is 5. The first-order valence-electron chi connectivity index (χ1n) is 11.3. The van der Waals surface area contributed by atoms with Gasteiger partial charge in [-0.05, 0) is 75.0 Å². The standard InChI is InChI=1S/C24H33N3O2S/c1-16-11-17(2)21-13-18(23(28)26-22(21)12-16)14-27(15-20-9-6-10-29-20)24(30)25-19-7-4-3-5-8-19/h11-13,19-20H,3-10,14-15H2,1-2H3,(H,25,30)(H,26,28)/t20-/m0/s1. The molecule has 2 N–H and O–H groups in total. The number of ether oxygens (including phenoxy) is 1. The van der Waals surface area contributed by atoms with Crippen molar-refractivity contribution in [1.29, 1.82) is 0 Å². The molecule has 0 spiro atoms. The molecule has 1 saturated heterocycles. The molecule has 1 saturated carbocycles. The lowest BCUT2D eigenvalue weighted by atomic mass is 9.96. The van der Waals surface area contributed by atoms with E-state index in [4.69, 9.17) is 17.0 Å². The zero-order chi connectivity index (χ0) is 21.1. The fourth-order valence-corrected chi connectivity index (χ4v) is 5.11. The number of aromatic nitrogens is 1. The number of hydrogen-bond acceptors (Lipinski definition) is 3. The van der Waals surface area contributed by atoms with Crippen LogP contribution in [0.4, 0.5) is 0 Å². The van der Waals surface area contributed by atoms with Gasteiger partial charge in [0.1, 0.15) is 0 Å². The summed E-state index contributed by atoms with van der Waals surface area (Å²) in [4.78, 5) is 18.1. The lowest BCUT2D eigenvalue weighted by molar-refractivity contribution is 0.0894. The number of H-pyrrole nitrogens is 1. The average Bonchev–Trinajstić information content (AvgIpc) is 3.22. The molecular weight excluding hydrogens is 394 g/mol. The Kier molecular flexibility index (Phi) is 6.74. The summed E-state index contributed by atoms with van der Waals surface area (Å²) >= 11 is 5.82. The second kappa shape index (κ2) is 9.48. The van der Waals surface area contributed by atoms with Gasteiger partial charge >= 0.3 is 0 Å². The molecule has 1 aromatic heterocycles. The van der Waals surface area contributed by atoms with Crippen LogP contribution in [0.15, 0.2) is 23.0 Å². The topological polar surface area (TPSA) is 57.4 Å². The van der Waals surface area contributed by atoms with E-state index in [-0.39, 0.29) is 11.7 Å². The molecule has 1 aliphatic heterocycles. The number of thiocarbonyl (C=S) groups is 1. The van der Waals surface area contributed by atoms with E-state index in [0.29, 0.717) is 12.6 Å². The molecule has 1 aromatic carbocycles. The number of benzene rings is 1. The largest absolute Gasteiger partial charge is 0.376 e. The molecule has 162 valence electrons. The molecule has 0 bridgehead atoms. The van der Waals surface area contributed by atoms with Crippen molar-refractivity contribution in [2.75, 3.05) is 13.2 Å². The minimum atomic E-state index is -0.0368. The Morgan fingerprint density at radius 2 is 1.97 bits per heavy atom. The molecule has 0 unspecified atom stereocenters. The van der Waals surface area contributed by atoms with E-state index in [1.54, 1.807) is 0 Å². The number of nitrogens with one attached hydrogen (secondary N) is 2. The van der Waals surface area contributed by atoms with Crippen molar-refractivity contribution >= 4 is 28.2 Å². The highest BCUT2D eigenvalue weighted by atomic mass is 32.1. The van der Waals surface area contributed by atoms with E-state index in [1.807, 2.05) is 12.1 Å². The number of hydrogen-bond donors (Lipinski definition) is 2. The maximum Gasteiger partial charge on any atom is 0.253 e. The molecule has 6 heteroatoms. The maximum atomic E-state index is 12.9. The third-order valence-electron chi connectivity index (χ3n) is 6.42. The zero-order valence-corrected chi connectivity index (χ0v) is 18.9. The van der Waals surface area contributed by atoms with Gasteiger partial charge < -0.3 is 19.9 Å². The summed E-state index contributed by atoms with van der Waals surface area (Å²) in [5.74, 6) is 0. The molecule has 2 heterocycles. The summed E-state index contributed by atoms with van der Waals surface area (Å²) in [6.45, 7) is 6.19. The van der Waals surface area contributed by atoms with Crippen LogP contribution in [0.3, 0.4) is 0 Å². The molecule has 0 radical (unpaired) electrons. The molecule has 1 atom stereocenters. The Balaban J connectivity index is 1.57. The number of nitrogens with zero attached hydrogens (tertiary/aromatic N) is 1. The van der Waals surface area contributed by atoms with Crippen LogP contribution in [-0.2, 0) is 11.3 Å².